The normalized spacial score (nSPS) is 25.5. The van der Waals surface area contributed by atoms with Crippen LogP contribution in [0.4, 0.5) is 0 Å². The lowest BCUT2D eigenvalue weighted by Crippen LogP contribution is -2.53. The number of benzene rings is 1. The summed E-state index contributed by atoms with van der Waals surface area (Å²) in [5.74, 6) is 2.06. The van der Waals surface area contributed by atoms with Gasteiger partial charge in [-0.3, -0.25) is 9.69 Å². The summed E-state index contributed by atoms with van der Waals surface area (Å²) < 4.78 is 17.9. The first kappa shape index (κ1) is 21.6. The maximum Gasteiger partial charge on any atom is 0.266 e. The van der Waals surface area contributed by atoms with E-state index < -0.39 is 5.60 Å². The third-order valence-electron chi connectivity index (χ3n) is 6.59. The fourth-order valence-electron chi connectivity index (χ4n) is 5.16. The highest BCUT2D eigenvalue weighted by Crippen LogP contribution is 2.44. The molecule has 1 N–H and O–H groups in total. The SMILES string of the molecule is COc1cc(OC)c(OC)cc1CN1C2CCC1CC(O)(Cn1nc(C)ccc1=O)C2. The van der Waals surface area contributed by atoms with Crippen LogP contribution in [-0.2, 0) is 13.1 Å². The fraction of sp³-hybridized carbons (Fsp3) is 0.565. The maximum atomic E-state index is 12.2. The van der Waals surface area contributed by atoms with E-state index in [4.69, 9.17) is 14.2 Å². The molecule has 8 heteroatoms. The van der Waals surface area contributed by atoms with Gasteiger partial charge in [0.05, 0.1) is 39.2 Å². The Balaban J connectivity index is 1.54. The van der Waals surface area contributed by atoms with E-state index in [1.165, 1.54) is 10.7 Å². The van der Waals surface area contributed by atoms with Crippen molar-refractivity contribution in [3.63, 3.8) is 0 Å². The molecule has 0 aliphatic carbocycles. The molecule has 0 spiro atoms. The summed E-state index contributed by atoms with van der Waals surface area (Å²) in [5, 5.41) is 15.7. The van der Waals surface area contributed by atoms with Crippen molar-refractivity contribution in [2.75, 3.05) is 21.3 Å². The van der Waals surface area contributed by atoms with Crippen LogP contribution in [0.15, 0.2) is 29.1 Å². The highest BCUT2D eigenvalue weighted by molar-refractivity contribution is 5.50. The number of piperidine rings is 1. The van der Waals surface area contributed by atoms with Crippen LogP contribution in [0.3, 0.4) is 0 Å². The third kappa shape index (κ3) is 4.27. The van der Waals surface area contributed by atoms with Crippen LogP contribution >= 0.6 is 0 Å². The van der Waals surface area contributed by atoms with Crippen LogP contribution < -0.4 is 19.8 Å². The van der Waals surface area contributed by atoms with Gasteiger partial charge in [0.25, 0.3) is 5.56 Å². The van der Waals surface area contributed by atoms with E-state index in [1.807, 2.05) is 19.1 Å². The standard InChI is InChI=1S/C23H31N3O5/c1-15-5-8-22(27)26(24-15)14-23(28)11-17-6-7-18(12-23)25(17)13-16-9-20(30-3)21(31-4)10-19(16)29-2/h5,8-10,17-18,28H,6-7,11-14H2,1-4H3. The molecule has 31 heavy (non-hydrogen) atoms. The molecule has 1 aromatic carbocycles. The Morgan fingerprint density at radius 2 is 1.65 bits per heavy atom. The molecule has 0 radical (unpaired) electrons. The molecule has 2 saturated heterocycles. The molecule has 2 aromatic rings. The average Bonchev–Trinajstić information content (AvgIpc) is 3.00. The number of aliphatic hydroxyl groups is 1. The van der Waals surface area contributed by atoms with Gasteiger partial charge in [-0.2, -0.15) is 5.10 Å². The zero-order valence-corrected chi connectivity index (χ0v) is 18.6. The second kappa shape index (κ2) is 8.51. The van der Waals surface area contributed by atoms with E-state index in [0.29, 0.717) is 30.9 Å². The van der Waals surface area contributed by atoms with Gasteiger partial charge in [-0.15, -0.1) is 0 Å². The number of fused-ring (bicyclic) bond motifs is 2. The second-order valence-electron chi connectivity index (χ2n) is 8.68. The van der Waals surface area contributed by atoms with Gasteiger partial charge in [0, 0.05) is 36.3 Å². The monoisotopic (exact) mass is 429 g/mol. The first-order chi connectivity index (χ1) is 14.9. The minimum Gasteiger partial charge on any atom is -0.496 e. The number of nitrogens with zero attached hydrogens (tertiary/aromatic N) is 3. The summed E-state index contributed by atoms with van der Waals surface area (Å²) in [5.41, 5.74) is 0.682. The molecule has 0 amide bonds. The minimum absolute atomic E-state index is 0.177. The summed E-state index contributed by atoms with van der Waals surface area (Å²) in [6.07, 6.45) is 3.28. The highest BCUT2D eigenvalue weighted by Gasteiger charge is 2.48. The fourth-order valence-corrected chi connectivity index (χ4v) is 5.16. The molecule has 4 rings (SSSR count). The summed E-state index contributed by atoms with van der Waals surface area (Å²) in [4.78, 5) is 14.6. The number of ether oxygens (including phenoxy) is 3. The first-order valence-corrected chi connectivity index (χ1v) is 10.7. The number of hydrogen-bond donors (Lipinski definition) is 1. The molecule has 8 nitrogen and oxygen atoms in total. The molecular formula is C23H31N3O5. The molecule has 3 heterocycles. The highest BCUT2D eigenvalue weighted by atomic mass is 16.5. The van der Waals surface area contributed by atoms with Gasteiger partial charge in [-0.25, -0.2) is 4.68 Å². The minimum atomic E-state index is -0.936. The number of aromatic nitrogens is 2. The topological polar surface area (TPSA) is 86.0 Å². The molecule has 2 unspecified atom stereocenters. The lowest BCUT2D eigenvalue weighted by Gasteiger charge is -2.44. The number of rotatable bonds is 7. The number of aryl methyl sites for hydroxylation is 1. The lowest BCUT2D eigenvalue weighted by molar-refractivity contribution is -0.0679. The van der Waals surface area contributed by atoms with Crippen LogP contribution in [0.25, 0.3) is 0 Å². The Morgan fingerprint density at radius 1 is 1.03 bits per heavy atom. The molecule has 2 aliphatic rings. The van der Waals surface area contributed by atoms with E-state index in [1.54, 1.807) is 27.4 Å². The van der Waals surface area contributed by atoms with Crippen LogP contribution in [0, 0.1) is 6.92 Å². The van der Waals surface area contributed by atoms with Gasteiger partial charge >= 0.3 is 0 Å². The first-order valence-electron chi connectivity index (χ1n) is 10.7. The van der Waals surface area contributed by atoms with Gasteiger partial charge in [-0.05, 0) is 44.7 Å². The van der Waals surface area contributed by atoms with Crippen LogP contribution in [0.2, 0.25) is 0 Å². The van der Waals surface area contributed by atoms with Gasteiger partial charge in [0.2, 0.25) is 0 Å². The zero-order chi connectivity index (χ0) is 22.2. The van der Waals surface area contributed by atoms with Crippen molar-refractivity contribution in [2.45, 2.75) is 63.4 Å². The Morgan fingerprint density at radius 3 is 2.26 bits per heavy atom. The van der Waals surface area contributed by atoms with Gasteiger partial charge in [0.15, 0.2) is 11.5 Å². The van der Waals surface area contributed by atoms with Crippen molar-refractivity contribution in [3.8, 4) is 17.2 Å². The summed E-state index contributed by atoms with van der Waals surface area (Å²) >= 11 is 0. The molecule has 1 aromatic heterocycles. The molecule has 2 bridgehead atoms. The molecule has 2 aliphatic heterocycles. The van der Waals surface area contributed by atoms with Crippen LogP contribution in [0.5, 0.6) is 17.2 Å². The maximum absolute atomic E-state index is 12.2. The molecule has 2 fully saturated rings. The van der Waals surface area contributed by atoms with Crippen molar-refractivity contribution in [1.29, 1.82) is 0 Å². The van der Waals surface area contributed by atoms with Crippen LogP contribution in [-0.4, -0.2) is 58.8 Å². The quantitative estimate of drug-likeness (QED) is 0.722. The summed E-state index contributed by atoms with van der Waals surface area (Å²) in [6.45, 7) is 2.79. The molecule has 0 saturated carbocycles. The van der Waals surface area contributed by atoms with Gasteiger partial charge in [0.1, 0.15) is 5.75 Å². The van der Waals surface area contributed by atoms with Crippen molar-refractivity contribution in [2.24, 2.45) is 0 Å². The smallest absolute Gasteiger partial charge is 0.266 e. The van der Waals surface area contributed by atoms with E-state index in [-0.39, 0.29) is 24.2 Å². The van der Waals surface area contributed by atoms with Gasteiger partial charge < -0.3 is 19.3 Å². The lowest BCUT2D eigenvalue weighted by atomic mass is 9.85. The van der Waals surface area contributed by atoms with E-state index in [9.17, 15) is 9.90 Å². The third-order valence-corrected chi connectivity index (χ3v) is 6.59. The number of hydrogen-bond acceptors (Lipinski definition) is 7. The predicted molar refractivity (Wildman–Crippen MR) is 116 cm³/mol. The van der Waals surface area contributed by atoms with Crippen molar-refractivity contribution < 1.29 is 19.3 Å². The van der Waals surface area contributed by atoms with E-state index >= 15 is 0 Å². The zero-order valence-electron chi connectivity index (χ0n) is 18.6. The molecule has 168 valence electrons. The van der Waals surface area contributed by atoms with Crippen LogP contribution in [0.1, 0.15) is 36.9 Å². The van der Waals surface area contributed by atoms with Crippen molar-refractivity contribution >= 4 is 0 Å². The van der Waals surface area contributed by atoms with Crippen molar-refractivity contribution in [1.82, 2.24) is 14.7 Å². The van der Waals surface area contributed by atoms with E-state index in [2.05, 4.69) is 10.00 Å². The largest absolute Gasteiger partial charge is 0.496 e. The summed E-state index contributed by atoms with van der Waals surface area (Å²) in [6, 6.07) is 7.51. The Hall–Kier alpha value is -2.58. The Kier molecular flexibility index (Phi) is 5.94. The van der Waals surface area contributed by atoms with Gasteiger partial charge in [-0.1, -0.05) is 0 Å². The predicted octanol–water partition coefficient (Wildman–Crippen LogP) is 2.14. The van der Waals surface area contributed by atoms with Crippen molar-refractivity contribution in [3.05, 3.63) is 45.9 Å². The average molecular weight is 430 g/mol. The second-order valence-corrected chi connectivity index (χ2v) is 8.68. The van der Waals surface area contributed by atoms with E-state index in [0.717, 1.165) is 29.8 Å². The Labute approximate surface area is 182 Å². The summed E-state index contributed by atoms with van der Waals surface area (Å²) in [7, 11) is 4.89. The molecule has 2 atom stereocenters. The Bertz CT molecular complexity index is 991. The molecular weight excluding hydrogens is 398 g/mol. The number of methoxy groups -OCH3 is 3.